The quantitative estimate of drug-likeness (QED) is 0.708. The van der Waals surface area contributed by atoms with Crippen molar-refractivity contribution in [2.45, 2.75) is 0 Å². The summed E-state index contributed by atoms with van der Waals surface area (Å²) in [5.41, 5.74) is 1.72. The van der Waals surface area contributed by atoms with Gasteiger partial charge in [0.05, 0.1) is 14.2 Å². The van der Waals surface area contributed by atoms with Crippen LogP contribution in [0.15, 0.2) is 60.7 Å². The van der Waals surface area contributed by atoms with Gasteiger partial charge in [0, 0.05) is 11.4 Å². The zero-order chi connectivity index (χ0) is 18.4. The van der Waals surface area contributed by atoms with Gasteiger partial charge in [-0.15, -0.1) is 10.2 Å². The van der Waals surface area contributed by atoms with Crippen LogP contribution in [0.1, 0.15) is 10.5 Å². The topological polar surface area (TPSA) is 85.4 Å². The number of rotatable bonds is 6. The number of benzene rings is 2. The molecule has 0 aliphatic carbocycles. The fourth-order valence-corrected chi connectivity index (χ4v) is 2.21. The molecule has 1 heterocycles. The molecule has 3 aromatic rings. The first-order chi connectivity index (χ1) is 12.7. The summed E-state index contributed by atoms with van der Waals surface area (Å²) in [4.78, 5) is 12.2. The molecule has 1 amide bonds. The average Bonchev–Trinajstić information content (AvgIpc) is 2.69. The first-order valence-electron chi connectivity index (χ1n) is 7.88. The molecule has 26 heavy (non-hydrogen) atoms. The molecule has 0 bridgehead atoms. The second-order valence-electron chi connectivity index (χ2n) is 5.34. The summed E-state index contributed by atoms with van der Waals surface area (Å²) >= 11 is 0. The van der Waals surface area contributed by atoms with Crippen LogP contribution in [-0.2, 0) is 0 Å². The lowest BCUT2D eigenvalue weighted by Crippen LogP contribution is -2.14. The molecule has 0 aliphatic heterocycles. The number of amides is 1. The van der Waals surface area contributed by atoms with E-state index in [2.05, 4.69) is 20.8 Å². The summed E-state index contributed by atoms with van der Waals surface area (Å²) in [6.07, 6.45) is 0. The molecule has 0 fully saturated rings. The molecule has 7 heteroatoms. The first kappa shape index (κ1) is 17.2. The van der Waals surface area contributed by atoms with E-state index in [9.17, 15) is 4.79 Å². The van der Waals surface area contributed by atoms with Crippen molar-refractivity contribution in [2.24, 2.45) is 0 Å². The van der Waals surface area contributed by atoms with Gasteiger partial charge in [-0.25, -0.2) is 0 Å². The van der Waals surface area contributed by atoms with Crippen LogP contribution in [0.2, 0.25) is 0 Å². The fraction of sp³-hybridized carbons (Fsp3) is 0.105. The summed E-state index contributed by atoms with van der Waals surface area (Å²) in [6.45, 7) is 0. The summed E-state index contributed by atoms with van der Waals surface area (Å²) in [7, 11) is 3.20. The van der Waals surface area contributed by atoms with Crippen LogP contribution < -0.4 is 20.1 Å². The molecule has 2 aromatic carbocycles. The van der Waals surface area contributed by atoms with Crippen molar-refractivity contribution in [2.75, 3.05) is 24.9 Å². The smallest absolute Gasteiger partial charge is 0.276 e. The Morgan fingerprint density at radius 1 is 0.769 bits per heavy atom. The second-order valence-corrected chi connectivity index (χ2v) is 5.34. The molecule has 132 valence electrons. The summed E-state index contributed by atoms with van der Waals surface area (Å²) < 4.78 is 10.2. The van der Waals surface area contributed by atoms with Gasteiger partial charge in [-0.1, -0.05) is 0 Å². The van der Waals surface area contributed by atoms with Crippen LogP contribution in [-0.4, -0.2) is 30.3 Å². The van der Waals surface area contributed by atoms with E-state index in [1.165, 1.54) is 0 Å². The van der Waals surface area contributed by atoms with E-state index in [1.807, 2.05) is 24.3 Å². The number of hydrogen-bond acceptors (Lipinski definition) is 6. The van der Waals surface area contributed by atoms with Crippen LogP contribution in [0.4, 0.5) is 17.2 Å². The highest BCUT2D eigenvalue weighted by Crippen LogP contribution is 2.19. The number of hydrogen-bond donors (Lipinski definition) is 2. The Hall–Kier alpha value is -3.61. The molecule has 0 aliphatic rings. The first-order valence-corrected chi connectivity index (χ1v) is 7.88. The molecule has 0 spiro atoms. The van der Waals surface area contributed by atoms with E-state index in [-0.39, 0.29) is 11.6 Å². The van der Waals surface area contributed by atoms with Crippen molar-refractivity contribution in [1.29, 1.82) is 0 Å². The Morgan fingerprint density at radius 3 is 1.85 bits per heavy atom. The van der Waals surface area contributed by atoms with E-state index in [0.717, 1.165) is 17.2 Å². The zero-order valence-corrected chi connectivity index (χ0v) is 14.4. The number of carbonyl (C=O) groups is 1. The Kier molecular flexibility index (Phi) is 5.28. The minimum atomic E-state index is -0.335. The van der Waals surface area contributed by atoms with Gasteiger partial charge < -0.3 is 20.1 Å². The standard InChI is InChI=1S/C19H18N4O3/c1-25-15-7-3-13(4-8-15)20-18-12-11-17(22-23-18)19(24)21-14-5-9-16(26-2)10-6-14/h3-12H,1-2H3,(H,20,23)(H,21,24). The number of methoxy groups -OCH3 is 2. The zero-order valence-electron chi connectivity index (χ0n) is 14.4. The maximum atomic E-state index is 12.2. The van der Waals surface area contributed by atoms with Gasteiger partial charge in [-0.3, -0.25) is 4.79 Å². The van der Waals surface area contributed by atoms with Gasteiger partial charge in [0.15, 0.2) is 11.5 Å². The molecule has 0 saturated carbocycles. The molecular formula is C19H18N4O3. The predicted octanol–water partition coefficient (Wildman–Crippen LogP) is 3.49. The molecule has 7 nitrogen and oxygen atoms in total. The highest BCUT2D eigenvalue weighted by Gasteiger charge is 2.09. The summed E-state index contributed by atoms with van der Waals surface area (Å²) in [5.74, 6) is 1.69. The van der Waals surface area contributed by atoms with Gasteiger partial charge in [-0.05, 0) is 60.7 Å². The molecule has 0 atom stereocenters. The van der Waals surface area contributed by atoms with Crippen molar-refractivity contribution < 1.29 is 14.3 Å². The van der Waals surface area contributed by atoms with Crippen molar-refractivity contribution in [3.63, 3.8) is 0 Å². The Labute approximate surface area is 151 Å². The van der Waals surface area contributed by atoms with Crippen LogP contribution >= 0.6 is 0 Å². The summed E-state index contributed by atoms with van der Waals surface area (Å²) in [6, 6.07) is 17.8. The lowest BCUT2D eigenvalue weighted by atomic mass is 10.3. The lowest BCUT2D eigenvalue weighted by molar-refractivity contribution is 0.102. The average molecular weight is 350 g/mol. The Morgan fingerprint density at radius 2 is 1.35 bits per heavy atom. The van der Waals surface area contributed by atoms with Crippen molar-refractivity contribution in [3.8, 4) is 11.5 Å². The minimum absolute atomic E-state index is 0.223. The van der Waals surface area contributed by atoms with Crippen LogP contribution in [0.25, 0.3) is 0 Å². The predicted molar refractivity (Wildman–Crippen MR) is 99.3 cm³/mol. The van der Waals surface area contributed by atoms with E-state index in [0.29, 0.717) is 11.5 Å². The number of carbonyl (C=O) groups excluding carboxylic acids is 1. The van der Waals surface area contributed by atoms with E-state index in [1.54, 1.807) is 50.6 Å². The SMILES string of the molecule is COc1ccc(NC(=O)c2ccc(Nc3ccc(OC)cc3)nn2)cc1. The van der Waals surface area contributed by atoms with Gasteiger partial charge in [0.25, 0.3) is 5.91 Å². The highest BCUT2D eigenvalue weighted by atomic mass is 16.5. The number of aromatic nitrogens is 2. The molecule has 2 N–H and O–H groups in total. The van der Waals surface area contributed by atoms with Crippen molar-refractivity contribution in [1.82, 2.24) is 10.2 Å². The molecular weight excluding hydrogens is 332 g/mol. The Bertz CT molecular complexity index is 863. The third-order valence-corrected chi connectivity index (χ3v) is 3.61. The number of nitrogens with zero attached hydrogens (tertiary/aromatic N) is 2. The van der Waals surface area contributed by atoms with E-state index >= 15 is 0 Å². The Balaban J connectivity index is 1.63. The third-order valence-electron chi connectivity index (χ3n) is 3.61. The summed E-state index contributed by atoms with van der Waals surface area (Å²) in [5, 5.41) is 13.9. The molecule has 0 unspecified atom stereocenters. The van der Waals surface area contributed by atoms with Crippen molar-refractivity contribution >= 4 is 23.1 Å². The van der Waals surface area contributed by atoms with Gasteiger partial charge in [-0.2, -0.15) is 0 Å². The minimum Gasteiger partial charge on any atom is -0.497 e. The maximum Gasteiger partial charge on any atom is 0.276 e. The van der Waals surface area contributed by atoms with Crippen LogP contribution in [0.3, 0.4) is 0 Å². The van der Waals surface area contributed by atoms with Gasteiger partial charge in [0.1, 0.15) is 11.5 Å². The molecule has 1 aromatic heterocycles. The fourth-order valence-electron chi connectivity index (χ4n) is 2.21. The number of nitrogens with one attached hydrogen (secondary N) is 2. The van der Waals surface area contributed by atoms with Crippen molar-refractivity contribution in [3.05, 3.63) is 66.4 Å². The molecule has 3 rings (SSSR count). The maximum absolute atomic E-state index is 12.2. The van der Waals surface area contributed by atoms with E-state index in [4.69, 9.17) is 9.47 Å². The number of ether oxygens (including phenoxy) is 2. The highest BCUT2D eigenvalue weighted by molar-refractivity contribution is 6.02. The monoisotopic (exact) mass is 350 g/mol. The normalized spacial score (nSPS) is 10.1. The van der Waals surface area contributed by atoms with E-state index < -0.39 is 0 Å². The third kappa shape index (κ3) is 4.27. The van der Waals surface area contributed by atoms with Gasteiger partial charge >= 0.3 is 0 Å². The lowest BCUT2D eigenvalue weighted by Gasteiger charge is -2.07. The second kappa shape index (κ2) is 7.98. The number of anilines is 3. The van der Waals surface area contributed by atoms with Crippen LogP contribution in [0.5, 0.6) is 11.5 Å². The van der Waals surface area contributed by atoms with Gasteiger partial charge in [0.2, 0.25) is 0 Å². The molecule has 0 saturated heterocycles. The largest absolute Gasteiger partial charge is 0.497 e. The molecule has 0 radical (unpaired) electrons. The van der Waals surface area contributed by atoms with Crippen LogP contribution in [0, 0.1) is 0 Å².